The van der Waals surface area contributed by atoms with E-state index in [1.54, 1.807) is 12.1 Å². The summed E-state index contributed by atoms with van der Waals surface area (Å²) in [6, 6.07) is 4.70. The summed E-state index contributed by atoms with van der Waals surface area (Å²) in [7, 11) is 1.03. The summed E-state index contributed by atoms with van der Waals surface area (Å²) in [4.78, 5) is 11.4. The summed E-state index contributed by atoms with van der Waals surface area (Å²) in [5, 5.41) is 0. The molecule has 1 aliphatic heterocycles. The summed E-state index contributed by atoms with van der Waals surface area (Å²) < 4.78 is 48.7. The van der Waals surface area contributed by atoms with Crippen LogP contribution in [0.5, 0.6) is 5.75 Å². The second-order valence-electron chi connectivity index (χ2n) is 3.81. The average molecular weight is 384 g/mol. The van der Waals surface area contributed by atoms with Gasteiger partial charge >= 0.3 is 12.1 Å². The number of methoxy groups -OCH3 is 1. The molecule has 1 atom stereocenters. The average Bonchev–Trinajstić information content (AvgIpc) is 2.35. The Kier molecular flexibility index (Phi) is 3.75. The summed E-state index contributed by atoms with van der Waals surface area (Å²) in [5.74, 6) is -0.956. The first-order chi connectivity index (χ1) is 8.82. The van der Waals surface area contributed by atoms with E-state index in [4.69, 9.17) is 4.74 Å². The minimum atomic E-state index is -4.68. The van der Waals surface area contributed by atoms with E-state index in [-0.39, 0.29) is 5.75 Å². The molecule has 0 fully saturated rings. The predicted molar refractivity (Wildman–Crippen MR) is 69.6 cm³/mol. The predicted octanol–water partition coefficient (Wildman–Crippen LogP) is 3.17. The molecule has 1 aromatic rings. The smallest absolute Gasteiger partial charge is 0.430 e. The van der Waals surface area contributed by atoms with E-state index in [9.17, 15) is 18.0 Å². The van der Waals surface area contributed by atoms with Crippen molar-refractivity contribution in [2.24, 2.45) is 0 Å². The third-order valence-corrected chi connectivity index (χ3v) is 3.20. The van der Waals surface area contributed by atoms with Crippen molar-refractivity contribution in [2.75, 3.05) is 7.11 Å². The van der Waals surface area contributed by atoms with Crippen molar-refractivity contribution in [3.8, 4) is 5.75 Å². The van der Waals surface area contributed by atoms with Gasteiger partial charge in [0.25, 0.3) is 0 Å². The highest BCUT2D eigenvalue weighted by Crippen LogP contribution is 2.37. The molecule has 2 rings (SSSR count). The van der Waals surface area contributed by atoms with E-state index in [1.807, 2.05) is 22.6 Å². The van der Waals surface area contributed by atoms with E-state index < -0.39 is 23.8 Å². The minimum absolute atomic E-state index is 0.0930. The molecule has 1 aliphatic rings. The number of rotatable bonds is 1. The van der Waals surface area contributed by atoms with Crippen molar-refractivity contribution in [2.45, 2.75) is 12.3 Å². The Morgan fingerprint density at radius 2 is 2.11 bits per heavy atom. The molecular weight excluding hydrogens is 376 g/mol. The lowest BCUT2D eigenvalue weighted by Gasteiger charge is -2.27. The van der Waals surface area contributed by atoms with Gasteiger partial charge < -0.3 is 9.47 Å². The first-order valence-electron chi connectivity index (χ1n) is 5.15. The molecule has 19 heavy (non-hydrogen) atoms. The number of hydrogen-bond donors (Lipinski definition) is 0. The molecule has 0 saturated carbocycles. The van der Waals surface area contributed by atoms with Crippen LogP contribution in [0.2, 0.25) is 0 Å². The normalized spacial score (nSPS) is 18.2. The van der Waals surface area contributed by atoms with E-state index in [1.165, 1.54) is 6.07 Å². The molecule has 1 aromatic carbocycles. The Hall–Kier alpha value is -1.25. The van der Waals surface area contributed by atoms with Gasteiger partial charge in [-0.05, 0) is 46.9 Å². The molecular formula is C12H8F3IO3. The first-order valence-corrected chi connectivity index (χ1v) is 6.23. The van der Waals surface area contributed by atoms with E-state index in [0.29, 0.717) is 5.56 Å². The summed E-state index contributed by atoms with van der Waals surface area (Å²) in [6.45, 7) is 0. The number of ether oxygens (including phenoxy) is 2. The van der Waals surface area contributed by atoms with Gasteiger partial charge in [0.2, 0.25) is 6.10 Å². The van der Waals surface area contributed by atoms with Crippen molar-refractivity contribution in [1.29, 1.82) is 0 Å². The second-order valence-corrected chi connectivity index (χ2v) is 5.06. The van der Waals surface area contributed by atoms with Crippen LogP contribution < -0.4 is 4.74 Å². The molecule has 0 amide bonds. The summed E-state index contributed by atoms with van der Waals surface area (Å²) in [6.07, 6.45) is -5.82. The fraction of sp³-hybridized carbons (Fsp3) is 0.250. The number of alkyl halides is 3. The molecule has 0 saturated heterocycles. The maximum atomic E-state index is 12.9. The number of hydrogen-bond acceptors (Lipinski definition) is 3. The van der Waals surface area contributed by atoms with Gasteiger partial charge in [0, 0.05) is 9.13 Å². The van der Waals surface area contributed by atoms with Gasteiger partial charge in [-0.2, -0.15) is 13.2 Å². The van der Waals surface area contributed by atoms with Crippen LogP contribution in [-0.2, 0) is 9.53 Å². The fourth-order valence-corrected chi connectivity index (χ4v) is 2.22. The summed E-state index contributed by atoms with van der Waals surface area (Å²) >= 11 is 2.02. The number of fused-ring (bicyclic) bond motifs is 1. The van der Waals surface area contributed by atoms with Crippen LogP contribution in [0.25, 0.3) is 6.08 Å². The van der Waals surface area contributed by atoms with E-state index >= 15 is 0 Å². The van der Waals surface area contributed by atoms with Gasteiger partial charge in [-0.25, -0.2) is 4.79 Å². The van der Waals surface area contributed by atoms with Gasteiger partial charge in [-0.15, -0.1) is 0 Å². The molecule has 0 radical (unpaired) electrons. The number of esters is 1. The zero-order valence-corrected chi connectivity index (χ0v) is 11.8. The topological polar surface area (TPSA) is 35.5 Å². The van der Waals surface area contributed by atoms with E-state index in [2.05, 4.69) is 4.74 Å². The van der Waals surface area contributed by atoms with Crippen LogP contribution in [0, 0.1) is 3.57 Å². The Morgan fingerprint density at radius 1 is 1.42 bits per heavy atom. The Balaban J connectivity index is 2.52. The van der Waals surface area contributed by atoms with E-state index in [0.717, 1.165) is 16.8 Å². The Labute approximate surface area is 120 Å². The maximum absolute atomic E-state index is 12.9. The second kappa shape index (κ2) is 5.03. The van der Waals surface area contributed by atoms with Gasteiger partial charge in [0.15, 0.2) is 0 Å². The molecule has 1 heterocycles. The lowest BCUT2D eigenvalue weighted by atomic mass is 10.0. The SMILES string of the molecule is COC(=O)C1=Cc2cc(I)ccc2OC1C(F)(F)F. The van der Waals surface area contributed by atoms with Gasteiger partial charge in [-0.3, -0.25) is 0 Å². The number of halogens is 4. The monoisotopic (exact) mass is 384 g/mol. The van der Waals surface area contributed by atoms with Crippen molar-refractivity contribution < 1.29 is 27.4 Å². The van der Waals surface area contributed by atoms with Crippen LogP contribution in [0.3, 0.4) is 0 Å². The Bertz CT molecular complexity index is 552. The third-order valence-electron chi connectivity index (χ3n) is 2.53. The molecule has 0 bridgehead atoms. The molecule has 7 heteroatoms. The molecule has 102 valence electrons. The first kappa shape index (κ1) is 14.2. The van der Waals surface area contributed by atoms with Gasteiger partial charge in [0.05, 0.1) is 12.7 Å². The zero-order chi connectivity index (χ0) is 14.2. The third kappa shape index (κ3) is 2.85. The molecule has 0 aromatic heterocycles. The zero-order valence-electron chi connectivity index (χ0n) is 9.62. The largest absolute Gasteiger partial charge is 0.475 e. The number of carbonyl (C=O) groups is 1. The molecule has 1 unspecified atom stereocenters. The van der Waals surface area contributed by atoms with Crippen molar-refractivity contribution in [3.63, 3.8) is 0 Å². The van der Waals surface area contributed by atoms with Gasteiger partial charge in [0.1, 0.15) is 5.75 Å². The molecule has 0 spiro atoms. The highest BCUT2D eigenvalue weighted by Gasteiger charge is 2.48. The fourth-order valence-electron chi connectivity index (χ4n) is 1.70. The van der Waals surface area contributed by atoms with Crippen molar-refractivity contribution in [3.05, 3.63) is 32.9 Å². The van der Waals surface area contributed by atoms with Crippen LogP contribution in [0.15, 0.2) is 23.8 Å². The standard InChI is InChI=1S/C12H8F3IO3/c1-18-11(17)8-5-6-4-7(16)2-3-9(6)19-10(8)12(13,14)15/h2-5,10H,1H3. The quantitative estimate of drug-likeness (QED) is 0.551. The highest BCUT2D eigenvalue weighted by atomic mass is 127. The van der Waals surface area contributed by atoms with Gasteiger partial charge in [-0.1, -0.05) is 0 Å². The van der Waals surface area contributed by atoms with Crippen molar-refractivity contribution >= 4 is 34.6 Å². The maximum Gasteiger partial charge on any atom is 0.430 e. The molecule has 0 N–H and O–H groups in total. The lowest BCUT2D eigenvalue weighted by Crippen LogP contribution is -2.40. The molecule has 3 nitrogen and oxygen atoms in total. The van der Waals surface area contributed by atoms with Crippen LogP contribution >= 0.6 is 22.6 Å². The minimum Gasteiger partial charge on any atom is -0.475 e. The van der Waals surface area contributed by atoms with Crippen molar-refractivity contribution in [1.82, 2.24) is 0 Å². The lowest BCUT2D eigenvalue weighted by molar-refractivity contribution is -0.187. The summed E-state index contributed by atoms with van der Waals surface area (Å²) in [5.41, 5.74) is -0.127. The van der Waals surface area contributed by atoms with Crippen LogP contribution in [0.1, 0.15) is 5.56 Å². The number of carbonyl (C=O) groups excluding carboxylic acids is 1. The highest BCUT2D eigenvalue weighted by molar-refractivity contribution is 14.1. The number of benzene rings is 1. The molecule has 0 aliphatic carbocycles. The van der Waals surface area contributed by atoms with Crippen LogP contribution in [0.4, 0.5) is 13.2 Å². The Morgan fingerprint density at radius 3 is 2.68 bits per heavy atom. The van der Waals surface area contributed by atoms with Crippen LogP contribution in [-0.4, -0.2) is 25.4 Å².